The third-order valence-corrected chi connectivity index (χ3v) is 10.1. The summed E-state index contributed by atoms with van der Waals surface area (Å²) in [6, 6.07) is 0. The predicted octanol–water partition coefficient (Wildman–Crippen LogP) is 4.90. The maximum Gasteiger partial charge on any atom is 0.357 e. The molecule has 0 aliphatic carbocycles. The van der Waals surface area contributed by atoms with E-state index in [1.807, 2.05) is 20.8 Å². The van der Waals surface area contributed by atoms with Crippen LogP contribution in [-0.4, -0.2) is 26.9 Å². The Bertz CT molecular complexity index is 506. The Morgan fingerprint density at radius 1 is 1.04 bits per heavy atom. The summed E-state index contributed by atoms with van der Waals surface area (Å²) in [5, 5.41) is -2.78. The molecule has 0 aromatic rings. The van der Waals surface area contributed by atoms with Gasteiger partial charge in [0, 0.05) is 5.41 Å². The molecule has 0 amide bonds. The molecule has 1 rings (SSSR count). The fourth-order valence-corrected chi connectivity index (χ4v) is 8.58. The quantitative estimate of drug-likeness (QED) is 0.591. The van der Waals surface area contributed by atoms with Crippen LogP contribution < -0.4 is 0 Å². The van der Waals surface area contributed by atoms with Crippen molar-refractivity contribution in [1.82, 2.24) is 0 Å². The highest BCUT2D eigenvalue weighted by atomic mass is 31.2. The van der Waals surface area contributed by atoms with Crippen LogP contribution in [0.3, 0.4) is 0 Å². The van der Waals surface area contributed by atoms with Crippen molar-refractivity contribution in [2.75, 3.05) is 6.61 Å². The Morgan fingerprint density at radius 3 is 1.87 bits per heavy atom. The van der Waals surface area contributed by atoms with E-state index in [-0.39, 0.29) is 6.61 Å². The molecule has 0 spiro atoms. The van der Waals surface area contributed by atoms with Crippen LogP contribution in [0.5, 0.6) is 0 Å². The van der Waals surface area contributed by atoms with Gasteiger partial charge in [-0.1, -0.05) is 33.6 Å². The number of rotatable bonds is 8. The minimum atomic E-state index is -4.67. The summed E-state index contributed by atoms with van der Waals surface area (Å²) >= 11 is 0. The van der Waals surface area contributed by atoms with Crippen LogP contribution in [-0.2, 0) is 18.2 Å². The third-order valence-electron chi connectivity index (χ3n) is 5.42. The van der Waals surface area contributed by atoms with Gasteiger partial charge < -0.3 is 14.3 Å². The van der Waals surface area contributed by atoms with Gasteiger partial charge in [-0.2, -0.15) is 0 Å². The third kappa shape index (κ3) is 3.01. The van der Waals surface area contributed by atoms with Crippen molar-refractivity contribution >= 4 is 15.2 Å². The molecule has 1 fully saturated rings. The standard InChI is InChI=1S/C15H32O6P2/c1-7-10-15(11-8-2)13(4,5)23(19,20-12-9-3)21-14(15,6)22(16,17)18/h7-12H2,1-6H3,(H2,16,17,18). The van der Waals surface area contributed by atoms with Crippen LogP contribution in [0.4, 0.5) is 0 Å². The summed E-state index contributed by atoms with van der Waals surface area (Å²) in [6.07, 6.45) is 3.14. The molecule has 2 N–H and O–H groups in total. The number of hydrogen-bond donors (Lipinski definition) is 2. The monoisotopic (exact) mass is 370 g/mol. The molecule has 1 aliphatic heterocycles. The van der Waals surface area contributed by atoms with Gasteiger partial charge in [0.25, 0.3) is 0 Å². The van der Waals surface area contributed by atoms with Gasteiger partial charge in [0.15, 0.2) is 5.34 Å². The minimum Gasteiger partial charge on any atom is -0.322 e. The lowest BCUT2D eigenvalue weighted by Crippen LogP contribution is -2.51. The van der Waals surface area contributed by atoms with Crippen molar-refractivity contribution in [3.63, 3.8) is 0 Å². The molecule has 0 aromatic heterocycles. The average Bonchev–Trinajstić information content (AvgIpc) is 2.54. The Kier molecular flexibility index (Phi) is 6.40. The smallest absolute Gasteiger partial charge is 0.322 e. The zero-order valence-corrected chi connectivity index (χ0v) is 17.0. The van der Waals surface area contributed by atoms with Crippen LogP contribution >= 0.6 is 15.2 Å². The van der Waals surface area contributed by atoms with Gasteiger partial charge in [0.05, 0.1) is 11.8 Å². The molecule has 138 valence electrons. The maximum absolute atomic E-state index is 13.5. The first-order chi connectivity index (χ1) is 10.4. The van der Waals surface area contributed by atoms with Gasteiger partial charge in [0.2, 0.25) is 0 Å². The van der Waals surface area contributed by atoms with Crippen LogP contribution in [0.1, 0.15) is 73.6 Å². The molecule has 0 bridgehead atoms. The summed E-state index contributed by atoms with van der Waals surface area (Å²) in [7, 11) is -8.35. The van der Waals surface area contributed by atoms with Gasteiger partial charge in [-0.15, -0.1) is 0 Å². The lowest BCUT2D eigenvalue weighted by molar-refractivity contribution is 0.00599. The second-order valence-electron chi connectivity index (χ2n) is 7.09. The second kappa shape index (κ2) is 6.90. The molecule has 1 aliphatic rings. The first-order valence-electron chi connectivity index (χ1n) is 8.40. The number of hydrogen-bond acceptors (Lipinski definition) is 4. The summed E-state index contributed by atoms with van der Waals surface area (Å²) in [5.41, 5.74) is -0.911. The zero-order chi connectivity index (χ0) is 18.2. The molecule has 2 unspecified atom stereocenters. The van der Waals surface area contributed by atoms with Gasteiger partial charge in [-0.05, 0) is 40.0 Å². The van der Waals surface area contributed by atoms with E-state index in [4.69, 9.17) is 9.05 Å². The van der Waals surface area contributed by atoms with Crippen LogP contribution in [0.2, 0.25) is 0 Å². The van der Waals surface area contributed by atoms with E-state index in [0.717, 1.165) is 12.8 Å². The molecule has 1 saturated heterocycles. The highest BCUT2D eigenvalue weighted by Gasteiger charge is 2.77. The lowest BCUT2D eigenvalue weighted by atomic mass is 9.66. The normalized spacial score (nSPS) is 33.0. The summed E-state index contributed by atoms with van der Waals surface area (Å²) in [6.45, 7) is 11.0. The van der Waals surface area contributed by atoms with Gasteiger partial charge in [-0.25, -0.2) is 0 Å². The largest absolute Gasteiger partial charge is 0.357 e. The molecular weight excluding hydrogens is 338 g/mol. The fraction of sp³-hybridized carbons (Fsp3) is 1.00. The van der Waals surface area contributed by atoms with Gasteiger partial charge >= 0.3 is 15.2 Å². The fourth-order valence-electron chi connectivity index (χ4n) is 4.05. The first-order valence-corrected chi connectivity index (χ1v) is 11.6. The van der Waals surface area contributed by atoms with Crippen molar-refractivity contribution in [2.24, 2.45) is 5.41 Å². The molecule has 23 heavy (non-hydrogen) atoms. The Balaban J connectivity index is 3.63. The molecule has 0 saturated carbocycles. The SMILES string of the molecule is CCCOP1(=O)OC(C)(P(=O)(O)O)C(CCC)(CCC)C1(C)C. The zero-order valence-electron chi connectivity index (χ0n) is 15.2. The Labute approximate surface area is 140 Å². The molecular formula is C15H32O6P2. The highest BCUT2D eigenvalue weighted by Crippen LogP contribution is 2.84. The van der Waals surface area contributed by atoms with Crippen LogP contribution in [0.25, 0.3) is 0 Å². The average molecular weight is 370 g/mol. The van der Waals surface area contributed by atoms with Crippen molar-refractivity contribution in [1.29, 1.82) is 0 Å². The van der Waals surface area contributed by atoms with Crippen molar-refractivity contribution in [3.05, 3.63) is 0 Å². The first kappa shape index (κ1) is 21.3. The second-order valence-corrected chi connectivity index (χ2v) is 11.6. The summed E-state index contributed by atoms with van der Waals surface area (Å²) in [4.78, 5) is 20.1. The van der Waals surface area contributed by atoms with Crippen LogP contribution in [0.15, 0.2) is 0 Å². The molecule has 1 heterocycles. The maximum atomic E-state index is 13.5. The topological polar surface area (TPSA) is 93.1 Å². The molecule has 0 aromatic carbocycles. The van der Waals surface area contributed by atoms with E-state index in [2.05, 4.69) is 0 Å². The van der Waals surface area contributed by atoms with Crippen molar-refractivity contribution < 1.29 is 28.0 Å². The van der Waals surface area contributed by atoms with E-state index in [0.29, 0.717) is 19.3 Å². The van der Waals surface area contributed by atoms with Gasteiger partial charge in [0.1, 0.15) is 0 Å². The Morgan fingerprint density at radius 2 is 1.52 bits per heavy atom. The lowest BCUT2D eigenvalue weighted by Gasteiger charge is -2.47. The van der Waals surface area contributed by atoms with Gasteiger partial charge in [-0.3, -0.25) is 13.7 Å². The summed E-state index contributed by atoms with van der Waals surface area (Å²) < 4.78 is 37.1. The van der Waals surface area contributed by atoms with Crippen molar-refractivity contribution in [2.45, 2.75) is 84.1 Å². The van der Waals surface area contributed by atoms with E-state index in [1.54, 1.807) is 13.8 Å². The Hall–Kier alpha value is 0.300. The minimum absolute atomic E-state index is 0.242. The highest BCUT2D eigenvalue weighted by molar-refractivity contribution is 7.59. The summed E-state index contributed by atoms with van der Waals surface area (Å²) in [5.74, 6) is 0. The van der Waals surface area contributed by atoms with Crippen molar-refractivity contribution in [3.8, 4) is 0 Å². The molecule has 2 atom stereocenters. The van der Waals surface area contributed by atoms with E-state index >= 15 is 0 Å². The van der Waals surface area contributed by atoms with Crippen LogP contribution in [0, 0.1) is 5.41 Å². The van der Waals surface area contributed by atoms with E-state index < -0.39 is 31.1 Å². The predicted molar refractivity (Wildman–Crippen MR) is 91.7 cm³/mol. The molecule has 6 nitrogen and oxygen atoms in total. The van der Waals surface area contributed by atoms with E-state index in [9.17, 15) is 18.9 Å². The molecule has 8 heteroatoms. The molecule has 0 radical (unpaired) electrons. The van der Waals surface area contributed by atoms with E-state index in [1.165, 1.54) is 6.92 Å².